The summed E-state index contributed by atoms with van der Waals surface area (Å²) in [5, 5.41) is 15.7. The second-order valence-corrected chi connectivity index (χ2v) is 9.85. The smallest absolute Gasteiger partial charge is 0.243 e. The molecule has 15 heteroatoms. The summed E-state index contributed by atoms with van der Waals surface area (Å²) in [5.74, 6) is -4.60. The largest absolute Gasteiger partial charge is 0.368 e. The molecule has 6 amide bonds. The van der Waals surface area contributed by atoms with Crippen LogP contribution in [-0.4, -0.2) is 85.7 Å². The van der Waals surface area contributed by atoms with E-state index in [4.69, 9.17) is 5.73 Å². The lowest BCUT2D eigenvalue weighted by atomic mass is 10.0. The summed E-state index contributed by atoms with van der Waals surface area (Å²) >= 11 is 0. The predicted octanol–water partition coefficient (Wildman–Crippen LogP) is -1.88. The number of carbonyl (C=O) groups excluding carboxylic acids is 6. The van der Waals surface area contributed by atoms with Crippen molar-refractivity contribution in [1.29, 1.82) is 0 Å². The molecule has 0 radical (unpaired) electrons. The first kappa shape index (κ1) is 33.2. The zero-order chi connectivity index (χ0) is 32.1. The second-order valence-electron chi connectivity index (χ2n) is 9.85. The summed E-state index contributed by atoms with van der Waals surface area (Å²) in [4.78, 5) is 77.3. The third-order valence-corrected chi connectivity index (χ3v) is 6.38. The summed E-state index contributed by atoms with van der Waals surface area (Å²) in [6, 6.07) is 10.3. The maximum absolute atomic E-state index is 13.9. The molecule has 1 aromatic heterocycles. The topological polar surface area (TPSA) is 216 Å². The van der Waals surface area contributed by atoms with Gasteiger partial charge in [0.2, 0.25) is 35.4 Å². The molecule has 0 aliphatic carbocycles. The standard InChI is InChI=1S/C29H35FN8O6/c1-32-14-25(40)34-15-26(41)35-16-27(42)37-22(10-17-5-4-6-19(30)9-17)29(44)38-23(28(43)36-13-24(31)39)11-18-12-33-21-8-3-2-7-20(18)21/h2-9,12,22-23,32-33H,10-11,13-16H2,1H3,(H2,31,39)(H,34,40)(H,35,41)(H,36,43)(H,37,42)(H,38,44)/t22-,23-/m0/s1. The molecule has 1 heterocycles. The Morgan fingerprint density at radius 2 is 1.45 bits per heavy atom. The van der Waals surface area contributed by atoms with Crippen LogP contribution in [0.1, 0.15) is 11.1 Å². The Balaban J connectivity index is 1.75. The third kappa shape index (κ3) is 10.5. The van der Waals surface area contributed by atoms with E-state index in [-0.39, 0.29) is 25.9 Å². The number of nitrogens with two attached hydrogens (primary N) is 1. The number of nitrogens with one attached hydrogen (secondary N) is 7. The van der Waals surface area contributed by atoms with Gasteiger partial charge in [0.1, 0.15) is 17.9 Å². The molecular weight excluding hydrogens is 575 g/mol. The molecule has 0 aliphatic heterocycles. The number of hydrogen-bond acceptors (Lipinski definition) is 7. The van der Waals surface area contributed by atoms with Gasteiger partial charge in [0.25, 0.3) is 0 Å². The Morgan fingerprint density at radius 1 is 0.773 bits per heavy atom. The minimum Gasteiger partial charge on any atom is -0.368 e. The minimum absolute atomic E-state index is 0.00644. The molecule has 9 N–H and O–H groups in total. The Morgan fingerprint density at radius 3 is 2.16 bits per heavy atom. The zero-order valence-electron chi connectivity index (χ0n) is 24.0. The average Bonchev–Trinajstić information content (AvgIpc) is 3.40. The van der Waals surface area contributed by atoms with Crippen LogP contribution in [-0.2, 0) is 41.6 Å². The van der Waals surface area contributed by atoms with E-state index in [1.54, 1.807) is 19.3 Å². The fourth-order valence-corrected chi connectivity index (χ4v) is 4.30. The molecule has 3 aromatic rings. The number of aromatic nitrogens is 1. The number of benzene rings is 2. The average molecular weight is 611 g/mol. The van der Waals surface area contributed by atoms with Crippen LogP contribution in [0.3, 0.4) is 0 Å². The first-order valence-corrected chi connectivity index (χ1v) is 13.7. The van der Waals surface area contributed by atoms with Crippen molar-refractivity contribution in [1.82, 2.24) is 36.9 Å². The molecule has 2 atom stereocenters. The van der Waals surface area contributed by atoms with E-state index in [0.717, 1.165) is 10.9 Å². The second kappa shape index (κ2) is 16.4. The molecule has 0 bridgehead atoms. The molecule has 0 saturated heterocycles. The van der Waals surface area contributed by atoms with Gasteiger partial charge in [-0.15, -0.1) is 0 Å². The predicted molar refractivity (Wildman–Crippen MR) is 158 cm³/mol. The molecule has 0 aliphatic rings. The highest BCUT2D eigenvalue weighted by molar-refractivity contribution is 5.95. The minimum atomic E-state index is -1.29. The first-order chi connectivity index (χ1) is 21.0. The molecule has 14 nitrogen and oxygen atoms in total. The Labute approximate surface area is 252 Å². The SMILES string of the molecule is CNCC(=O)NCC(=O)NCC(=O)N[C@@H](Cc1cccc(F)c1)C(=O)N[C@@H](Cc1c[nH]c2ccccc12)C(=O)NCC(N)=O. The number of carbonyl (C=O) groups is 6. The van der Waals surface area contributed by atoms with Crippen LogP contribution in [0.15, 0.2) is 54.7 Å². The van der Waals surface area contributed by atoms with E-state index in [9.17, 15) is 33.2 Å². The number of H-pyrrole nitrogens is 1. The Kier molecular flexibility index (Phi) is 12.3. The highest BCUT2D eigenvalue weighted by Gasteiger charge is 2.28. The van der Waals surface area contributed by atoms with Crippen molar-refractivity contribution in [2.45, 2.75) is 24.9 Å². The molecular formula is C29H35FN8O6. The lowest BCUT2D eigenvalue weighted by Crippen LogP contribution is -2.56. The van der Waals surface area contributed by atoms with Gasteiger partial charge in [-0.1, -0.05) is 30.3 Å². The summed E-state index contributed by atoms with van der Waals surface area (Å²) in [5.41, 5.74) is 7.07. The van der Waals surface area contributed by atoms with Crippen molar-refractivity contribution in [3.05, 3.63) is 71.7 Å². The van der Waals surface area contributed by atoms with Crippen molar-refractivity contribution in [3.8, 4) is 0 Å². The number of primary amides is 1. The zero-order valence-corrected chi connectivity index (χ0v) is 24.0. The summed E-state index contributed by atoms with van der Waals surface area (Å²) < 4.78 is 13.9. The Bertz CT molecular complexity index is 1510. The first-order valence-electron chi connectivity index (χ1n) is 13.7. The number of aromatic amines is 1. The van der Waals surface area contributed by atoms with Crippen LogP contribution in [0, 0.1) is 5.82 Å². The van der Waals surface area contributed by atoms with Crippen LogP contribution in [0.2, 0.25) is 0 Å². The summed E-state index contributed by atoms with van der Waals surface area (Å²) in [7, 11) is 1.57. The van der Waals surface area contributed by atoms with E-state index in [1.165, 1.54) is 18.2 Å². The van der Waals surface area contributed by atoms with Crippen LogP contribution in [0.5, 0.6) is 0 Å². The van der Waals surface area contributed by atoms with Gasteiger partial charge in [-0.2, -0.15) is 0 Å². The number of halogens is 1. The summed E-state index contributed by atoms with van der Waals surface area (Å²) in [6.07, 6.45) is 1.57. The highest BCUT2D eigenvalue weighted by atomic mass is 19.1. The number of rotatable bonds is 16. The van der Waals surface area contributed by atoms with E-state index >= 15 is 0 Å². The van der Waals surface area contributed by atoms with Crippen molar-refractivity contribution in [3.63, 3.8) is 0 Å². The molecule has 0 saturated carbocycles. The van der Waals surface area contributed by atoms with Crippen molar-refractivity contribution < 1.29 is 33.2 Å². The van der Waals surface area contributed by atoms with Crippen molar-refractivity contribution >= 4 is 46.3 Å². The van der Waals surface area contributed by atoms with Crippen LogP contribution >= 0.6 is 0 Å². The Hall–Kier alpha value is -5.31. The normalized spacial score (nSPS) is 12.0. The molecule has 0 unspecified atom stereocenters. The number of likely N-dealkylation sites (N-methyl/N-ethyl adjacent to an activating group) is 1. The van der Waals surface area contributed by atoms with E-state index < -0.39 is 66.4 Å². The van der Waals surface area contributed by atoms with E-state index in [0.29, 0.717) is 11.1 Å². The molecule has 44 heavy (non-hydrogen) atoms. The van der Waals surface area contributed by atoms with Gasteiger partial charge in [0.15, 0.2) is 0 Å². The van der Waals surface area contributed by atoms with Gasteiger partial charge in [-0.05, 0) is 36.4 Å². The van der Waals surface area contributed by atoms with Gasteiger partial charge >= 0.3 is 0 Å². The lowest BCUT2D eigenvalue weighted by molar-refractivity contribution is -0.132. The van der Waals surface area contributed by atoms with Gasteiger partial charge in [0, 0.05) is 29.9 Å². The summed E-state index contributed by atoms with van der Waals surface area (Å²) in [6.45, 7) is -1.34. The molecule has 234 valence electrons. The van der Waals surface area contributed by atoms with E-state index in [1.807, 2.05) is 24.3 Å². The highest BCUT2D eigenvalue weighted by Crippen LogP contribution is 2.19. The number of fused-ring (bicyclic) bond motifs is 1. The van der Waals surface area contributed by atoms with Crippen LogP contribution in [0.25, 0.3) is 10.9 Å². The van der Waals surface area contributed by atoms with Crippen LogP contribution < -0.4 is 37.6 Å². The van der Waals surface area contributed by atoms with Crippen LogP contribution in [0.4, 0.5) is 4.39 Å². The monoisotopic (exact) mass is 610 g/mol. The molecule has 0 spiro atoms. The fraction of sp³-hybridized carbons (Fsp3) is 0.310. The lowest BCUT2D eigenvalue weighted by Gasteiger charge is -2.23. The molecule has 2 aromatic carbocycles. The maximum atomic E-state index is 13.9. The van der Waals surface area contributed by atoms with Gasteiger partial charge < -0.3 is 42.6 Å². The number of hydrogen-bond donors (Lipinski definition) is 8. The quantitative estimate of drug-likeness (QED) is 0.0922. The van der Waals surface area contributed by atoms with Gasteiger partial charge in [-0.25, -0.2) is 4.39 Å². The third-order valence-electron chi connectivity index (χ3n) is 6.38. The van der Waals surface area contributed by atoms with Gasteiger partial charge in [-0.3, -0.25) is 28.8 Å². The van der Waals surface area contributed by atoms with Crippen molar-refractivity contribution in [2.24, 2.45) is 5.73 Å². The number of amides is 6. The van der Waals surface area contributed by atoms with Crippen molar-refractivity contribution in [2.75, 3.05) is 33.2 Å². The fourth-order valence-electron chi connectivity index (χ4n) is 4.30. The maximum Gasteiger partial charge on any atom is 0.243 e. The van der Waals surface area contributed by atoms with E-state index in [2.05, 4.69) is 36.9 Å². The number of para-hydroxylation sites is 1. The molecule has 0 fully saturated rings. The van der Waals surface area contributed by atoms with Gasteiger partial charge in [0.05, 0.1) is 26.2 Å². The molecule has 3 rings (SSSR count).